The first-order chi connectivity index (χ1) is 4.04. The number of hydrogen-bond acceptors (Lipinski definition) is 4. The quantitative estimate of drug-likeness (QED) is 0.387. The topological polar surface area (TPSA) is 80.6 Å². The van der Waals surface area contributed by atoms with Gasteiger partial charge in [0.25, 0.3) is 0 Å². The average molecular weight is 369 g/mol. The molecule has 0 saturated carbocycles. The fourth-order valence-corrected chi connectivity index (χ4v) is 0.407. The molecule has 63 valence electrons. The molecule has 0 fully saturated rings. The van der Waals surface area contributed by atoms with Crippen LogP contribution in [0.2, 0.25) is 0 Å². The number of carboxylic acids is 1. The SMILES string of the molecule is O=C([O-])C(O)CC(O)=S.[Au].[Na+]. The molecule has 2 N–H and O–H groups in total. The summed E-state index contributed by atoms with van der Waals surface area (Å²) in [5.74, 6) is -1.63. The Kier molecular flexibility index (Phi) is 15.0. The smallest absolute Gasteiger partial charge is 0.547 e. The Morgan fingerprint density at radius 1 is 1.64 bits per heavy atom. The maximum Gasteiger partial charge on any atom is 1.00 e. The first kappa shape index (κ1) is 18.0. The van der Waals surface area contributed by atoms with Crippen molar-refractivity contribution in [3.8, 4) is 0 Å². The van der Waals surface area contributed by atoms with E-state index in [9.17, 15) is 9.90 Å². The Balaban J connectivity index is -0.000000320. The first-order valence-electron chi connectivity index (χ1n) is 2.14. The monoisotopic (exact) mass is 369 g/mol. The Labute approximate surface area is 107 Å². The molecule has 0 rings (SSSR count). The molecule has 0 bridgehead atoms. The second-order valence-corrected chi connectivity index (χ2v) is 1.90. The minimum Gasteiger partial charge on any atom is -0.547 e. The number of aliphatic carboxylic acids is 1. The molecular weight excluding hydrogens is 364 g/mol. The average Bonchev–Trinajstić information content (AvgIpc) is 1.63. The Bertz CT molecular complexity index is 142. The molecule has 0 heterocycles. The van der Waals surface area contributed by atoms with Gasteiger partial charge in [-0.15, -0.1) is 0 Å². The Morgan fingerprint density at radius 3 is 2.09 bits per heavy atom. The van der Waals surface area contributed by atoms with Crippen molar-refractivity contribution in [2.75, 3.05) is 0 Å². The molecule has 0 aromatic rings. The van der Waals surface area contributed by atoms with E-state index in [4.69, 9.17) is 10.2 Å². The molecule has 0 aliphatic carbocycles. The molecule has 1 atom stereocenters. The summed E-state index contributed by atoms with van der Waals surface area (Å²) in [6.07, 6.45) is -2.14. The van der Waals surface area contributed by atoms with Crippen LogP contribution in [0.3, 0.4) is 0 Å². The fraction of sp³-hybridized carbons (Fsp3) is 0.500. The van der Waals surface area contributed by atoms with Gasteiger partial charge in [0.05, 0.1) is 5.97 Å². The van der Waals surface area contributed by atoms with Gasteiger partial charge in [0.15, 0.2) is 5.05 Å². The third-order valence-electron chi connectivity index (χ3n) is 0.640. The second kappa shape index (κ2) is 9.15. The van der Waals surface area contributed by atoms with E-state index in [0.717, 1.165) is 0 Å². The summed E-state index contributed by atoms with van der Waals surface area (Å²) in [5, 5.41) is 25.8. The molecule has 0 aliphatic heterocycles. The van der Waals surface area contributed by atoms with Crippen molar-refractivity contribution in [1.29, 1.82) is 0 Å². The normalized spacial score (nSPS) is 10.3. The van der Waals surface area contributed by atoms with Gasteiger partial charge in [0.2, 0.25) is 0 Å². The van der Waals surface area contributed by atoms with E-state index in [2.05, 4.69) is 12.2 Å². The molecule has 1 unspecified atom stereocenters. The van der Waals surface area contributed by atoms with Crippen molar-refractivity contribution in [1.82, 2.24) is 0 Å². The third-order valence-corrected chi connectivity index (χ3v) is 0.807. The van der Waals surface area contributed by atoms with Crippen LogP contribution < -0.4 is 34.7 Å². The van der Waals surface area contributed by atoms with Crippen LogP contribution in [-0.4, -0.2) is 27.3 Å². The van der Waals surface area contributed by atoms with Crippen LogP contribution in [0.4, 0.5) is 0 Å². The molecule has 7 heteroatoms. The molecule has 4 nitrogen and oxygen atoms in total. The molecule has 0 amide bonds. The van der Waals surface area contributed by atoms with Gasteiger partial charge < -0.3 is 20.1 Å². The Hall–Kier alpha value is 1.06. The summed E-state index contributed by atoms with van der Waals surface area (Å²) >= 11 is 4.10. The molecule has 0 saturated heterocycles. The van der Waals surface area contributed by atoms with Gasteiger partial charge in [-0.05, 0) is 12.2 Å². The predicted octanol–water partition coefficient (Wildman–Crippen LogP) is -4.63. The zero-order valence-electron chi connectivity index (χ0n) is 5.71. The van der Waals surface area contributed by atoms with E-state index in [1.54, 1.807) is 0 Å². The van der Waals surface area contributed by atoms with E-state index in [-0.39, 0.29) is 51.9 Å². The van der Waals surface area contributed by atoms with Crippen LogP contribution >= 0.6 is 12.2 Å². The van der Waals surface area contributed by atoms with Crippen LogP contribution in [-0.2, 0) is 27.2 Å². The first-order valence-corrected chi connectivity index (χ1v) is 2.55. The van der Waals surface area contributed by atoms with Crippen LogP contribution in [0.1, 0.15) is 6.42 Å². The van der Waals surface area contributed by atoms with E-state index < -0.39 is 23.5 Å². The minimum absolute atomic E-state index is 0. The summed E-state index contributed by atoms with van der Waals surface area (Å²) in [6, 6.07) is 0. The number of aliphatic hydroxyl groups excluding tert-OH is 2. The van der Waals surface area contributed by atoms with Gasteiger partial charge in [-0.2, -0.15) is 0 Å². The number of aliphatic hydroxyl groups is 2. The van der Waals surface area contributed by atoms with Gasteiger partial charge in [0, 0.05) is 28.8 Å². The molecular formula is C4H5AuNaO4S. The summed E-state index contributed by atoms with van der Waals surface area (Å²) in [6.45, 7) is 0. The van der Waals surface area contributed by atoms with Crippen LogP contribution in [0.25, 0.3) is 0 Å². The Morgan fingerprint density at radius 2 is 2.00 bits per heavy atom. The summed E-state index contributed by atoms with van der Waals surface area (Å²) < 4.78 is 0. The molecule has 0 spiro atoms. The number of carbonyl (C=O) groups excluding carboxylic acids is 1. The van der Waals surface area contributed by atoms with Gasteiger partial charge in [0.1, 0.15) is 6.10 Å². The van der Waals surface area contributed by atoms with Gasteiger partial charge in [-0.25, -0.2) is 0 Å². The van der Waals surface area contributed by atoms with Gasteiger partial charge in [-0.3, -0.25) is 0 Å². The molecule has 1 radical (unpaired) electrons. The van der Waals surface area contributed by atoms with Crippen LogP contribution in [0.5, 0.6) is 0 Å². The second-order valence-electron chi connectivity index (χ2n) is 1.43. The number of rotatable bonds is 3. The van der Waals surface area contributed by atoms with Crippen molar-refractivity contribution in [3.63, 3.8) is 0 Å². The van der Waals surface area contributed by atoms with Crippen LogP contribution in [0.15, 0.2) is 0 Å². The maximum absolute atomic E-state index is 9.70. The van der Waals surface area contributed by atoms with Crippen molar-refractivity contribution in [2.24, 2.45) is 0 Å². The zero-order chi connectivity index (χ0) is 7.44. The summed E-state index contributed by atoms with van der Waals surface area (Å²) in [5.41, 5.74) is 0. The molecule has 0 aromatic heterocycles. The van der Waals surface area contributed by atoms with Gasteiger partial charge >= 0.3 is 29.6 Å². The van der Waals surface area contributed by atoms with E-state index in [1.807, 2.05) is 0 Å². The molecule has 11 heavy (non-hydrogen) atoms. The number of thiocarbonyl (C=S) groups is 1. The molecule has 0 aromatic carbocycles. The van der Waals surface area contributed by atoms with Gasteiger partial charge in [-0.1, -0.05) is 0 Å². The van der Waals surface area contributed by atoms with Crippen LogP contribution in [0, 0.1) is 0 Å². The summed E-state index contributed by atoms with van der Waals surface area (Å²) in [7, 11) is 0. The van der Waals surface area contributed by atoms with Crippen molar-refractivity contribution in [2.45, 2.75) is 12.5 Å². The number of carbonyl (C=O) groups is 1. The van der Waals surface area contributed by atoms with E-state index in [1.165, 1.54) is 0 Å². The maximum atomic E-state index is 9.70. The van der Waals surface area contributed by atoms with Crippen molar-refractivity contribution >= 4 is 23.2 Å². The van der Waals surface area contributed by atoms with Crippen molar-refractivity contribution in [3.05, 3.63) is 0 Å². The van der Waals surface area contributed by atoms with E-state index in [0.29, 0.717) is 0 Å². The third kappa shape index (κ3) is 11.1. The molecule has 0 aliphatic rings. The zero-order valence-corrected chi connectivity index (χ0v) is 10.7. The largest absolute Gasteiger partial charge is 1.00 e. The fourth-order valence-electron chi connectivity index (χ4n) is 0.249. The summed E-state index contributed by atoms with van der Waals surface area (Å²) in [4.78, 5) is 9.70. The number of carboxylic acid groups (broad SMARTS) is 1. The number of hydrogen-bond donors (Lipinski definition) is 2. The van der Waals surface area contributed by atoms with Crippen molar-refractivity contribution < 1.29 is 72.1 Å². The van der Waals surface area contributed by atoms with E-state index >= 15 is 0 Å². The predicted molar refractivity (Wildman–Crippen MR) is 30.9 cm³/mol. The standard InChI is InChI=1S/C4H6O4S.Au.Na/c5-2(4(7)8)1-3(6)9;;/h2,5H,1H2,(H,6,9)(H,7,8);;/q;;+1/p-1. The minimum atomic E-state index is -1.69.